The quantitative estimate of drug-likeness (QED) is 0.865. The predicted molar refractivity (Wildman–Crippen MR) is 89.6 cm³/mol. The van der Waals surface area contributed by atoms with Crippen molar-refractivity contribution in [2.75, 3.05) is 6.54 Å². The second-order valence-corrected chi connectivity index (χ2v) is 6.72. The normalized spacial score (nSPS) is 22.6. The van der Waals surface area contributed by atoms with Gasteiger partial charge in [-0.25, -0.2) is 4.39 Å². The third-order valence-corrected chi connectivity index (χ3v) is 5.40. The molecule has 1 saturated heterocycles. The summed E-state index contributed by atoms with van der Waals surface area (Å²) in [6, 6.07) is 12.6. The van der Waals surface area contributed by atoms with Crippen molar-refractivity contribution >= 4 is 5.91 Å². The number of aromatic hydroxyl groups is 1. The molecule has 4 heteroatoms. The molecule has 0 bridgehead atoms. The molecule has 1 aliphatic heterocycles. The average Bonchev–Trinajstić information content (AvgIpc) is 2.62. The van der Waals surface area contributed by atoms with Gasteiger partial charge in [0.1, 0.15) is 0 Å². The summed E-state index contributed by atoms with van der Waals surface area (Å²) in [7, 11) is 0. The van der Waals surface area contributed by atoms with E-state index in [0.29, 0.717) is 18.0 Å². The van der Waals surface area contributed by atoms with Crippen LogP contribution < -0.4 is 0 Å². The molecule has 0 unspecified atom stereocenters. The Morgan fingerprint density at radius 1 is 1.17 bits per heavy atom. The zero-order valence-electron chi connectivity index (χ0n) is 13.4. The highest BCUT2D eigenvalue weighted by Gasteiger charge is 2.38. The van der Waals surface area contributed by atoms with Crippen LogP contribution in [0.15, 0.2) is 42.5 Å². The fourth-order valence-electron chi connectivity index (χ4n) is 4.26. The minimum Gasteiger partial charge on any atom is -0.505 e. The highest BCUT2D eigenvalue weighted by molar-refractivity contribution is 5.94. The van der Waals surface area contributed by atoms with E-state index in [4.69, 9.17) is 0 Å². The lowest BCUT2D eigenvalue weighted by molar-refractivity contribution is 0.0546. The van der Waals surface area contributed by atoms with Crippen LogP contribution in [0.5, 0.6) is 5.75 Å². The second kappa shape index (κ2) is 5.93. The van der Waals surface area contributed by atoms with Gasteiger partial charge in [-0.2, -0.15) is 0 Å². The van der Waals surface area contributed by atoms with Gasteiger partial charge in [0.05, 0.1) is 0 Å². The number of phenols is 1. The lowest BCUT2D eigenvalue weighted by Gasteiger charge is -2.45. The summed E-state index contributed by atoms with van der Waals surface area (Å²) in [6.45, 7) is 0.713. The van der Waals surface area contributed by atoms with E-state index in [1.807, 2.05) is 4.90 Å². The minimum atomic E-state index is -0.747. The lowest BCUT2D eigenvalue weighted by atomic mass is 9.74. The zero-order valence-corrected chi connectivity index (χ0v) is 13.4. The maximum absolute atomic E-state index is 13.6. The summed E-state index contributed by atoms with van der Waals surface area (Å²) in [5.74, 6) is -0.935. The molecule has 1 amide bonds. The summed E-state index contributed by atoms with van der Waals surface area (Å²) in [6.07, 6.45) is 3.98. The van der Waals surface area contributed by atoms with Crippen LogP contribution in [0, 0.1) is 5.82 Å². The first kappa shape index (κ1) is 15.2. The van der Waals surface area contributed by atoms with E-state index < -0.39 is 11.6 Å². The molecule has 0 radical (unpaired) electrons. The van der Waals surface area contributed by atoms with Crippen molar-refractivity contribution in [3.63, 3.8) is 0 Å². The summed E-state index contributed by atoms with van der Waals surface area (Å²) in [5.41, 5.74) is 3.07. The van der Waals surface area contributed by atoms with Crippen molar-refractivity contribution in [3.05, 3.63) is 65.0 Å². The van der Waals surface area contributed by atoms with Crippen LogP contribution in [-0.2, 0) is 6.42 Å². The van der Waals surface area contributed by atoms with E-state index in [2.05, 4.69) is 24.3 Å². The van der Waals surface area contributed by atoms with Gasteiger partial charge in [0.2, 0.25) is 0 Å². The number of amides is 1. The second-order valence-electron chi connectivity index (χ2n) is 6.72. The Hall–Kier alpha value is -2.36. The number of carbonyl (C=O) groups excluding carboxylic acids is 1. The molecule has 0 spiro atoms. The third-order valence-electron chi connectivity index (χ3n) is 5.40. The molecule has 2 atom stereocenters. The molecule has 2 aromatic carbocycles. The average molecular weight is 325 g/mol. The van der Waals surface area contributed by atoms with Gasteiger partial charge in [-0.3, -0.25) is 4.79 Å². The van der Waals surface area contributed by atoms with E-state index >= 15 is 0 Å². The number of aryl methyl sites for hydroxylation is 1. The van der Waals surface area contributed by atoms with Gasteiger partial charge in [-0.05, 0) is 55.0 Å². The highest BCUT2D eigenvalue weighted by atomic mass is 19.1. The number of hydrogen-bond donors (Lipinski definition) is 1. The van der Waals surface area contributed by atoms with Crippen molar-refractivity contribution < 1.29 is 14.3 Å². The number of phenolic OH excluding ortho intramolecular Hbond substituents is 1. The van der Waals surface area contributed by atoms with Crippen LogP contribution in [-0.4, -0.2) is 28.5 Å². The molecule has 124 valence electrons. The van der Waals surface area contributed by atoms with E-state index in [1.54, 1.807) is 0 Å². The Labute approximate surface area is 140 Å². The topological polar surface area (TPSA) is 40.5 Å². The van der Waals surface area contributed by atoms with E-state index in [1.165, 1.54) is 23.3 Å². The number of carbonyl (C=O) groups is 1. The van der Waals surface area contributed by atoms with Gasteiger partial charge < -0.3 is 10.0 Å². The van der Waals surface area contributed by atoms with Crippen LogP contribution in [0.25, 0.3) is 0 Å². The van der Waals surface area contributed by atoms with Gasteiger partial charge in [0.25, 0.3) is 5.91 Å². The van der Waals surface area contributed by atoms with Gasteiger partial charge >= 0.3 is 0 Å². The predicted octanol–water partition coefficient (Wildman–Crippen LogP) is 3.87. The van der Waals surface area contributed by atoms with Crippen molar-refractivity contribution in [1.82, 2.24) is 4.90 Å². The molecular formula is C20H20FNO2. The molecule has 3 nitrogen and oxygen atoms in total. The van der Waals surface area contributed by atoms with Gasteiger partial charge in [-0.1, -0.05) is 24.3 Å². The van der Waals surface area contributed by atoms with Crippen LogP contribution in [0.3, 0.4) is 0 Å². The van der Waals surface area contributed by atoms with Crippen molar-refractivity contribution in [2.45, 2.75) is 37.6 Å². The van der Waals surface area contributed by atoms with Crippen molar-refractivity contribution in [2.24, 2.45) is 0 Å². The standard InChI is InChI=1S/C20H20FNO2/c21-17-12-14(8-10-19(17)23)20(24)22-11-3-6-16-15-5-2-1-4-13(15)7-9-18(16)22/h1-2,4-5,8,10,12,16,18,23H,3,6-7,9,11H2/t16-,18+/m1/s1. The van der Waals surface area contributed by atoms with Crippen LogP contribution in [0.1, 0.15) is 46.7 Å². The summed E-state index contributed by atoms with van der Waals surface area (Å²) in [5, 5.41) is 9.33. The first-order chi connectivity index (χ1) is 11.6. The minimum absolute atomic E-state index is 0.136. The molecule has 4 rings (SSSR count). The Morgan fingerprint density at radius 3 is 2.83 bits per heavy atom. The third kappa shape index (κ3) is 2.46. The first-order valence-electron chi connectivity index (χ1n) is 8.52. The molecule has 0 aromatic heterocycles. The smallest absolute Gasteiger partial charge is 0.254 e. The SMILES string of the molecule is O=C(c1ccc(O)c(F)c1)N1CCC[C@@H]2c3ccccc3CC[C@@H]21. The van der Waals surface area contributed by atoms with Crippen molar-refractivity contribution in [3.8, 4) is 5.75 Å². The number of rotatable bonds is 1. The van der Waals surface area contributed by atoms with Gasteiger partial charge in [-0.15, -0.1) is 0 Å². The molecule has 24 heavy (non-hydrogen) atoms. The van der Waals surface area contributed by atoms with E-state index in [9.17, 15) is 14.3 Å². The maximum Gasteiger partial charge on any atom is 0.254 e. The van der Waals surface area contributed by atoms with E-state index in [-0.39, 0.29) is 11.9 Å². The fourth-order valence-corrected chi connectivity index (χ4v) is 4.26. The number of benzene rings is 2. The van der Waals surface area contributed by atoms with Crippen LogP contribution in [0.4, 0.5) is 4.39 Å². The zero-order chi connectivity index (χ0) is 16.7. The first-order valence-corrected chi connectivity index (χ1v) is 8.52. The Morgan fingerprint density at radius 2 is 2.00 bits per heavy atom. The number of halogens is 1. The Kier molecular flexibility index (Phi) is 3.75. The molecular weight excluding hydrogens is 305 g/mol. The van der Waals surface area contributed by atoms with Crippen LogP contribution in [0.2, 0.25) is 0 Å². The molecule has 1 aliphatic carbocycles. The summed E-state index contributed by atoms with van der Waals surface area (Å²) in [4.78, 5) is 14.8. The van der Waals surface area contributed by atoms with Crippen molar-refractivity contribution in [1.29, 1.82) is 0 Å². The summed E-state index contributed by atoms with van der Waals surface area (Å²) < 4.78 is 13.6. The van der Waals surface area contributed by atoms with Gasteiger partial charge in [0, 0.05) is 24.1 Å². The number of piperidine rings is 1. The number of hydrogen-bond acceptors (Lipinski definition) is 2. The highest BCUT2D eigenvalue weighted by Crippen LogP contribution is 2.41. The molecule has 1 N–H and O–H groups in total. The number of likely N-dealkylation sites (tertiary alicyclic amines) is 1. The molecule has 1 fully saturated rings. The molecule has 1 heterocycles. The van der Waals surface area contributed by atoms with Crippen LogP contribution >= 0.6 is 0 Å². The monoisotopic (exact) mass is 325 g/mol. The summed E-state index contributed by atoms with van der Waals surface area (Å²) >= 11 is 0. The van der Waals surface area contributed by atoms with Gasteiger partial charge in [0.15, 0.2) is 11.6 Å². The maximum atomic E-state index is 13.6. The fraction of sp³-hybridized carbons (Fsp3) is 0.350. The number of fused-ring (bicyclic) bond motifs is 3. The Bertz CT molecular complexity index is 789. The van der Waals surface area contributed by atoms with E-state index in [0.717, 1.165) is 31.7 Å². The number of nitrogens with zero attached hydrogens (tertiary/aromatic N) is 1. The molecule has 2 aromatic rings. The largest absolute Gasteiger partial charge is 0.505 e. The lowest BCUT2D eigenvalue weighted by Crippen LogP contribution is -2.49. The molecule has 2 aliphatic rings. The molecule has 0 saturated carbocycles. The Balaban J connectivity index is 1.64.